The summed E-state index contributed by atoms with van der Waals surface area (Å²) in [4.78, 5) is 25.8. The third kappa shape index (κ3) is 3.59. The monoisotopic (exact) mass is 399 g/mol. The van der Waals surface area contributed by atoms with E-state index in [0.717, 1.165) is 36.2 Å². The number of nitrogens with zero attached hydrogens (tertiary/aromatic N) is 6. The molecule has 8 nitrogen and oxygen atoms in total. The Morgan fingerprint density at radius 3 is 2.63 bits per heavy atom. The summed E-state index contributed by atoms with van der Waals surface area (Å²) in [6, 6.07) is 15.3. The molecule has 30 heavy (non-hydrogen) atoms. The van der Waals surface area contributed by atoms with Crippen LogP contribution in [0.15, 0.2) is 67.1 Å². The van der Waals surface area contributed by atoms with Gasteiger partial charge < -0.3 is 10.2 Å². The number of carbonyl (C=O) groups is 1. The Labute approximate surface area is 173 Å². The predicted octanol–water partition coefficient (Wildman–Crippen LogP) is 2.93. The Balaban J connectivity index is 1.33. The Bertz CT molecular complexity index is 1180. The first-order valence-corrected chi connectivity index (χ1v) is 10.0. The summed E-state index contributed by atoms with van der Waals surface area (Å²) in [6.07, 6.45) is 6.86. The van der Waals surface area contributed by atoms with E-state index >= 15 is 0 Å². The number of aromatic nitrogens is 5. The maximum Gasteiger partial charge on any atom is 0.256 e. The van der Waals surface area contributed by atoms with Gasteiger partial charge in [0.05, 0.1) is 40.9 Å². The molecule has 1 unspecified atom stereocenters. The maximum atomic E-state index is 13.3. The second-order valence-electron chi connectivity index (χ2n) is 7.31. The fraction of sp³-hybridized carbons (Fsp3) is 0.227. The minimum atomic E-state index is -0.0148. The molecule has 8 heteroatoms. The van der Waals surface area contributed by atoms with Gasteiger partial charge in [0.25, 0.3) is 5.91 Å². The van der Waals surface area contributed by atoms with Crippen LogP contribution in [0, 0.1) is 0 Å². The van der Waals surface area contributed by atoms with Gasteiger partial charge in [0.2, 0.25) is 0 Å². The van der Waals surface area contributed by atoms with E-state index < -0.39 is 0 Å². The Morgan fingerprint density at radius 2 is 1.77 bits per heavy atom. The molecule has 0 aliphatic carbocycles. The predicted molar refractivity (Wildman–Crippen MR) is 113 cm³/mol. The van der Waals surface area contributed by atoms with Crippen LogP contribution in [0.3, 0.4) is 0 Å². The van der Waals surface area contributed by atoms with Gasteiger partial charge in [0, 0.05) is 19.1 Å². The highest BCUT2D eigenvalue weighted by Gasteiger charge is 2.26. The van der Waals surface area contributed by atoms with Crippen molar-refractivity contribution in [3.8, 4) is 5.69 Å². The summed E-state index contributed by atoms with van der Waals surface area (Å²) >= 11 is 0. The fourth-order valence-electron chi connectivity index (χ4n) is 3.85. The number of benzene rings is 2. The molecule has 0 bridgehead atoms. The third-order valence-electron chi connectivity index (χ3n) is 5.28. The molecule has 3 heterocycles. The van der Waals surface area contributed by atoms with Crippen LogP contribution in [-0.2, 0) is 0 Å². The number of hydrogen-bond donors (Lipinski definition) is 1. The highest BCUT2D eigenvalue weighted by molar-refractivity contribution is 5.97. The van der Waals surface area contributed by atoms with E-state index in [9.17, 15) is 4.79 Å². The van der Waals surface area contributed by atoms with Crippen LogP contribution >= 0.6 is 0 Å². The number of fused-ring (bicyclic) bond motifs is 1. The summed E-state index contributed by atoms with van der Waals surface area (Å²) in [5.41, 5.74) is 3.00. The fourth-order valence-corrected chi connectivity index (χ4v) is 3.85. The average molecular weight is 399 g/mol. The number of amides is 1. The van der Waals surface area contributed by atoms with Crippen molar-refractivity contribution in [2.45, 2.75) is 18.9 Å². The Kier molecular flexibility index (Phi) is 4.80. The topological polar surface area (TPSA) is 88.8 Å². The van der Waals surface area contributed by atoms with Gasteiger partial charge in [0.1, 0.15) is 5.82 Å². The SMILES string of the molecule is O=C(c1ccccc1-n1nccn1)N1CCCC(Nc2cnc3ccccc3n2)C1. The molecule has 1 saturated heterocycles. The van der Waals surface area contributed by atoms with Crippen LogP contribution in [0.2, 0.25) is 0 Å². The number of likely N-dealkylation sites (tertiary alicyclic amines) is 1. The number of piperidine rings is 1. The number of para-hydroxylation sites is 3. The lowest BCUT2D eigenvalue weighted by Crippen LogP contribution is -2.45. The normalized spacial score (nSPS) is 16.5. The van der Waals surface area contributed by atoms with Gasteiger partial charge in [-0.15, -0.1) is 0 Å². The quantitative estimate of drug-likeness (QED) is 0.568. The molecule has 0 saturated carbocycles. The van der Waals surface area contributed by atoms with Crippen molar-refractivity contribution in [3.63, 3.8) is 0 Å². The van der Waals surface area contributed by atoms with Crippen LogP contribution in [0.25, 0.3) is 16.7 Å². The van der Waals surface area contributed by atoms with Crippen molar-refractivity contribution in [1.29, 1.82) is 0 Å². The van der Waals surface area contributed by atoms with Gasteiger partial charge in [-0.05, 0) is 37.1 Å². The van der Waals surface area contributed by atoms with Crippen LogP contribution in [-0.4, -0.2) is 54.9 Å². The lowest BCUT2D eigenvalue weighted by atomic mass is 10.0. The average Bonchev–Trinajstić information content (AvgIpc) is 3.34. The van der Waals surface area contributed by atoms with E-state index in [1.54, 1.807) is 18.6 Å². The highest BCUT2D eigenvalue weighted by atomic mass is 16.2. The number of nitrogens with one attached hydrogen (secondary N) is 1. The molecule has 1 atom stereocenters. The third-order valence-corrected chi connectivity index (χ3v) is 5.28. The molecule has 0 radical (unpaired) electrons. The van der Waals surface area contributed by atoms with Crippen LogP contribution in [0.1, 0.15) is 23.2 Å². The van der Waals surface area contributed by atoms with Crippen LogP contribution in [0.5, 0.6) is 0 Å². The van der Waals surface area contributed by atoms with E-state index in [2.05, 4.69) is 25.5 Å². The summed E-state index contributed by atoms with van der Waals surface area (Å²) in [5, 5.41) is 11.8. The van der Waals surface area contributed by atoms with Crippen molar-refractivity contribution >= 4 is 22.8 Å². The van der Waals surface area contributed by atoms with Gasteiger partial charge in [-0.1, -0.05) is 24.3 Å². The van der Waals surface area contributed by atoms with Crippen molar-refractivity contribution in [2.24, 2.45) is 0 Å². The second-order valence-corrected chi connectivity index (χ2v) is 7.31. The van der Waals surface area contributed by atoms with E-state index in [0.29, 0.717) is 17.8 Å². The minimum absolute atomic E-state index is 0.0148. The first kappa shape index (κ1) is 18.2. The smallest absolute Gasteiger partial charge is 0.256 e. The number of hydrogen-bond acceptors (Lipinski definition) is 6. The van der Waals surface area contributed by atoms with Gasteiger partial charge in [-0.3, -0.25) is 9.78 Å². The molecule has 1 N–H and O–H groups in total. The summed E-state index contributed by atoms with van der Waals surface area (Å²) in [7, 11) is 0. The van der Waals surface area contributed by atoms with Crippen molar-refractivity contribution in [3.05, 3.63) is 72.7 Å². The van der Waals surface area contributed by atoms with Gasteiger partial charge in [0.15, 0.2) is 0 Å². The largest absolute Gasteiger partial charge is 0.364 e. The van der Waals surface area contributed by atoms with E-state index in [1.165, 1.54) is 4.80 Å². The Morgan fingerprint density at radius 1 is 1.00 bits per heavy atom. The van der Waals surface area contributed by atoms with E-state index in [4.69, 9.17) is 0 Å². The molecular formula is C22H21N7O. The first-order valence-electron chi connectivity index (χ1n) is 10.0. The molecule has 1 amide bonds. The lowest BCUT2D eigenvalue weighted by Gasteiger charge is -2.33. The summed E-state index contributed by atoms with van der Waals surface area (Å²) in [5.74, 6) is 0.716. The molecular weight excluding hydrogens is 378 g/mol. The number of anilines is 1. The zero-order valence-electron chi connectivity index (χ0n) is 16.3. The number of rotatable bonds is 4. The highest BCUT2D eigenvalue weighted by Crippen LogP contribution is 2.21. The zero-order valence-corrected chi connectivity index (χ0v) is 16.3. The molecule has 2 aromatic carbocycles. The minimum Gasteiger partial charge on any atom is -0.364 e. The van der Waals surface area contributed by atoms with Gasteiger partial charge in [-0.2, -0.15) is 15.0 Å². The summed E-state index contributed by atoms with van der Waals surface area (Å²) in [6.45, 7) is 1.33. The maximum absolute atomic E-state index is 13.3. The molecule has 5 rings (SSSR count). The van der Waals surface area contributed by atoms with Crippen molar-refractivity contribution in [1.82, 2.24) is 29.9 Å². The zero-order chi connectivity index (χ0) is 20.3. The van der Waals surface area contributed by atoms with Crippen LogP contribution < -0.4 is 5.32 Å². The van der Waals surface area contributed by atoms with E-state index in [-0.39, 0.29) is 11.9 Å². The van der Waals surface area contributed by atoms with E-state index in [1.807, 2.05) is 53.4 Å². The number of carbonyl (C=O) groups excluding carboxylic acids is 1. The molecule has 2 aromatic heterocycles. The molecule has 1 fully saturated rings. The van der Waals surface area contributed by atoms with Crippen molar-refractivity contribution < 1.29 is 4.79 Å². The molecule has 4 aromatic rings. The molecule has 1 aliphatic heterocycles. The van der Waals surface area contributed by atoms with Crippen LogP contribution in [0.4, 0.5) is 5.82 Å². The first-order chi connectivity index (χ1) is 14.8. The second kappa shape index (κ2) is 7.90. The standard InChI is InChI=1S/C22H21N7O/c30-22(17-7-1-4-10-20(17)29-24-11-12-25-29)28-13-5-6-16(15-28)26-21-14-23-18-8-2-3-9-19(18)27-21/h1-4,7-12,14,16H,5-6,13,15H2,(H,26,27). The van der Waals surface area contributed by atoms with Crippen molar-refractivity contribution in [2.75, 3.05) is 18.4 Å². The Hall–Kier alpha value is -3.81. The molecule has 150 valence electrons. The summed E-state index contributed by atoms with van der Waals surface area (Å²) < 4.78 is 0. The molecule has 0 spiro atoms. The van der Waals surface area contributed by atoms with Gasteiger partial charge >= 0.3 is 0 Å². The molecule has 1 aliphatic rings. The lowest BCUT2D eigenvalue weighted by molar-refractivity contribution is 0.0714. The van der Waals surface area contributed by atoms with Gasteiger partial charge in [-0.25, -0.2) is 4.98 Å².